The van der Waals surface area contributed by atoms with Crippen molar-refractivity contribution in [3.8, 4) is 22.8 Å². The van der Waals surface area contributed by atoms with Crippen LogP contribution in [-0.2, 0) is 6.42 Å². The van der Waals surface area contributed by atoms with Gasteiger partial charge in [0.25, 0.3) is 0 Å². The van der Waals surface area contributed by atoms with Crippen molar-refractivity contribution in [2.45, 2.75) is 26.7 Å². The Bertz CT molecular complexity index is 590. The smallest absolute Gasteiger partial charge is 0.137 e. The van der Waals surface area contributed by atoms with Gasteiger partial charge in [-0.25, -0.2) is 0 Å². The number of phenolic OH excluding ortho intramolecular Hbond substituents is 2. The fourth-order valence-electron chi connectivity index (χ4n) is 1.90. The first-order chi connectivity index (χ1) is 9.06. The zero-order valence-electron chi connectivity index (χ0n) is 11.2. The van der Waals surface area contributed by atoms with E-state index in [4.69, 9.17) is 4.42 Å². The highest BCUT2D eigenvalue weighted by Gasteiger charge is 2.10. The molecule has 3 nitrogen and oxygen atoms in total. The van der Waals surface area contributed by atoms with Gasteiger partial charge in [-0.1, -0.05) is 11.6 Å². The van der Waals surface area contributed by atoms with E-state index in [1.165, 1.54) is 23.8 Å². The summed E-state index contributed by atoms with van der Waals surface area (Å²) in [5, 5.41) is 19.2. The maximum atomic E-state index is 9.77. The first kappa shape index (κ1) is 13.3. The highest BCUT2D eigenvalue weighted by molar-refractivity contribution is 5.67. The van der Waals surface area contributed by atoms with E-state index in [9.17, 15) is 10.2 Å². The Morgan fingerprint density at radius 3 is 2.74 bits per heavy atom. The molecule has 0 spiro atoms. The Labute approximate surface area is 112 Å². The van der Waals surface area contributed by atoms with Gasteiger partial charge < -0.3 is 14.6 Å². The number of aromatic hydroxyl groups is 2. The van der Waals surface area contributed by atoms with E-state index in [0.29, 0.717) is 11.3 Å². The van der Waals surface area contributed by atoms with Crippen LogP contribution < -0.4 is 0 Å². The van der Waals surface area contributed by atoms with Crippen LogP contribution in [0.5, 0.6) is 11.5 Å². The third kappa shape index (κ3) is 3.41. The van der Waals surface area contributed by atoms with Gasteiger partial charge in [0.15, 0.2) is 0 Å². The van der Waals surface area contributed by atoms with E-state index in [0.717, 1.165) is 18.4 Å². The van der Waals surface area contributed by atoms with Crippen LogP contribution in [0.15, 0.2) is 46.6 Å². The average Bonchev–Trinajstić information content (AvgIpc) is 2.80. The molecule has 1 heterocycles. The highest BCUT2D eigenvalue weighted by Crippen LogP contribution is 2.33. The van der Waals surface area contributed by atoms with Crippen LogP contribution in [-0.4, -0.2) is 10.2 Å². The van der Waals surface area contributed by atoms with Gasteiger partial charge in [-0.3, -0.25) is 0 Å². The molecule has 0 aliphatic carbocycles. The predicted molar refractivity (Wildman–Crippen MR) is 75.2 cm³/mol. The molecule has 0 atom stereocenters. The van der Waals surface area contributed by atoms with Gasteiger partial charge in [0.05, 0.1) is 11.8 Å². The van der Waals surface area contributed by atoms with Crippen molar-refractivity contribution < 1.29 is 14.6 Å². The summed E-state index contributed by atoms with van der Waals surface area (Å²) in [5.74, 6) is 0.777. The average molecular weight is 258 g/mol. The lowest BCUT2D eigenvalue weighted by Gasteiger charge is -2.01. The molecule has 0 amide bonds. The Morgan fingerprint density at radius 1 is 1.21 bits per heavy atom. The summed E-state index contributed by atoms with van der Waals surface area (Å²) in [7, 11) is 0. The molecule has 2 N–H and O–H groups in total. The van der Waals surface area contributed by atoms with Crippen molar-refractivity contribution in [1.29, 1.82) is 0 Å². The molecule has 100 valence electrons. The second-order valence-corrected chi connectivity index (χ2v) is 4.84. The number of hydrogen-bond donors (Lipinski definition) is 2. The van der Waals surface area contributed by atoms with Crippen molar-refractivity contribution in [3.05, 3.63) is 47.7 Å². The minimum Gasteiger partial charge on any atom is -0.508 e. The summed E-state index contributed by atoms with van der Waals surface area (Å²) >= 11 is 0. The summed E-state index contributed by atoms with van der Waals surface area (Å²) in [6.45, 7) is 4.15. The molecule has 0 radical (unpaired) electrons. The van der Waals surface area contributed by atoms with Crippen LogP contribution in [0, 0.1) is 0 Å². The Balaban J connectivity index is 2.16. The number of rotatable bonds is 4. The second-order valence-electron chi connectivity index (χ2n) is 4.84. The van der Waals surface area contributed by atoms with Gasteiger partial charge >= 0.3 is 0 Å². The minimum atomic E-state index is 0.1000. The van der Waals surface area contributed by atoms with Gasteiger partial charge in [0, 0.05) is 0 Å². The lowest BCUT2D eigenvalue weighted by Crippen LogP contribution is -1.79. The van der Waals surface area contributed by atoms with Crippen LogP contribution in [0.3, 0.4) is 0 Å². The van der Waals surface area contributed by atoms with Crippen molar-refractivity contribution in [3.63, 3.8) is 0 Å². The maximum Gasteiger partial charge on any atom is 0.137 e. The normalized spacial score (nSPS) is 10.4. The Kier molecular flexibility index (Phi) is 3.95. The first-order valence-electron chi connectivity index (χ1n) is 6.29. The van der Waals surface area contributed by atoms with Crippen molar-refractivity contribution in [1.82, 2.24) is 0 Å². The monoisotopic (exact) mass is 258 g/mol. The van der Waals surface area contributed by atoms with Gasteiger partial charge in [-0.05, 0) is 56.5 Å². The summed E-state index contributed by atoms with van der Waals surface area (Å²) in [5.41, 5.74) is 2.89. The maximum absolute atomic E-state index is 9.77. The molecular weight excluding hydrogens is 240 g/mol. The van der Waals surface area contributed by atoms with Crippen molar-refractivity contribution in [2.75, 3.05) is 0 Å². The van der Waals surface area contributed by atoms with E-state index in [1.807, 2.05) is 6.07 Å². The van der Waals surface area contributed by atoms with Crippen LogP contribution in [0.25, 0.3) is 11.3 Å². The molecule has 0 aliphatic rings. The van der Waals surface area contributed by atoms with E-state index in [2.05, 4.69) is 19.9 Å². The van der Waals surface area contributed by atoms with Gasteiger partial charge in [0.1, 0.15) is 17.3 Å². The van der Waals surface area contributed by atoms with Crippen LogP contribution in [0.1, 0.15) is 25.8 Å². The van der Waals surface area contributed by atoms with Crippen LogP contribution >= 0.6 is 0 Å². The topological polar surface area (TPSA) is 53.6 Å². The third-order valence-electron chi connectivity index (χ3n) is 2.88. The molecule has 0 bridgehead atoms. The zero-order chi connectivity index (χ0) is 13.8. The van der Waals surface area contributed by atoms with Crippen molar-refractivity contribution >= 4 is 0 Å². The molecule has 19 heavy (non-hydrogen) atoms. The molecule has 2 aromatic rings. The zero-order valence-corrected chi connectivity index (χ0v) is 11.2. The van der Waals surface area contributed by atoms with Gasteiger partial charge in [-0.15, -0.1) is 0 Å². The summed E-state index contributed by atoms with van der Waals surface area (Å²) in [4.78, 5) is 0. The number of hydrogen-bond acceptors (Lipinski definition) is 3. The van der Waals surface area contributed by atoms with Crippen LogP contribution in [0.4, 0.5) is 0 Å². The van der Waals surface area contributed by atoms with Crippen LogP contribution in [0.2, 0.25) is 0 Å². The molecule has 3 heteroatoms. The molecule has 1 aromatic heterocycles. The fraction of sp³-hybridized carbons (Fsp3) is 0.250. The predicted octanol–water partition coefficient (Wildman–Crippen LogP) is 4.26. The summed E-state index contributed by atoms with van der Waals surface area (Å²) in [6.07, 6.45) is 5.73. The summed E-state index contributed by atoms with van der Waals surface area (Å²) in [6, 6.07) is 6.29. The number of allylic oxidation sites excluding steroid dienone is 2. The minimum absolute atomic E-state index is 0.1000. The number of benzene rings is 1. The first-order valence-corrected chi connectivity index (χ1v) is 6.29. The van der Waals surface area contributed by atoms with Gasteiger partial charge in [0.2, 0.25) is 0 Å². The Morgan fingerprint density at radius 2 is 2.00 bits per heavy atom. The summed E-state index contributed by atoms with van der Waals surface area (Å²) < 4.78 is 5.45. The molecule has 0 saturated carbocycles. The SMILES string of the molecule is CC(C)=CCCc1coc(-c2cc(O)ccc2O)c1. The fourth-order valence-corrected chi connectivity index (χ4v) is 1.90. The molecule has 0 saturated heterocycles. The number of furan rings is 1. The largest absolute Gasteiger partial charge is 0.508 e. The van der Waals surface area contributed by atoms with E-state index < -0.39 is 0 Å². The molecule has 2 rings (SSSR count). The number of phenols is 2. The quantitative estimate of drug-likeness (QED) is 0.636. The molecule has 1 aromatic carbocycles. The molecule has 0 fully saturated rings. The lowest BCUT2D eigenvalue weighted by atomic mass is 10.1. The molecule has 0 unspecified atom stereocenters. The second kappa shape index (κ2) is 5.65. The van der Waals surface area contributed by atoms with E-state index in [1.54, 1.807) is 6.26 Å². The number of aryl methyl sites for hydroxylation is 1. The lowest BCUT2D eigenvalue weighted by molar-refractivity contribution is 0.459. The van der Waals surface area contributed by atoms with Gasteiger partial charge in [-0.2, -0.15) is 0 Å². The van der Waals surface area contributed by atoms with E-state index >= 15 is 0 Å². The Hall–Kier alpha value is -2.16. The molecule has 0 aliphatic heterocycles. The molecular formula is C16H18O3. The highest BCUT2D eigenvalue weighted by atomic mass is 16.3. The van der Waals surface area contributed by atoms with E-state index in [-0.39, 0.29) is 11.5 Å². The standard InChI is InChI=1S/C16H18O3/c1-11(2)4-3-5-12-8-16(19-10-12)14-9-13(17)6-7-15(14)18/h4,6-10,17-18H,3,5H2,1-2H3. The third-order valence-corrected chi connectivity index (χ3v) is 2.88. The van der Waals surface area contributed by atoms with Crippen molar-refractivity contribution in [2.24, 2.45) is 0 Å².